The molecule has 0 radical (unpaired) electrons. The third-order valence-corrected chi connectivity index (χ3v) is 3.83. The molecule has 2 aliphatic rings. The number of nitrogens with one attached hydrogen (secondary N) is 1. The van der Waals surface area contributed by atoms with Gasteiger partial charge >= 0.3 is 12.1 Å². The van der Waals surface area contributed by atoms with Crippen LogP contribution in [0, 0.1) is 0 Å². The highest BCUT2D eigenvalue weighted by molar-refractivity contribution is 5.85. The van der Waals surface area contributed by atoms with Crippen LogP contribution in [0.4, 0.5) is 4.79 Å². The Hall–Kier alpha value is -1.30. The maximum atomic E-state index is 11.9. The van der Waals surface area contributed by atoms with Crippen molar-refractivity contribution in [3.8, 4) is 0 Å². The molecule has 6 nitrogen and oxygen atoms in total. The fraction of sp³-hybridized carbons (Fsp3) is 0.857. The molecule has 2 fully saturated rings. The van der Waals surface area contributed by atoms with Crippen molar-refractivity contribution in [3.05, 3.63) is 0 Å². The quantitative estimate of drug-likeness (QED) is 0.823. The summed E-state index contributed by atoms with van der Waals surface area (Å²) in [7, 11) is 0. The number of carbonyl (C=O) groups excluding carboxylic acids is 1. The van der Waals surface area contributed by atoms with Gasteiger partial charge in [-0.05, 0) is 47.0 Å². The van der Waals surface area contributed by atoms with E-state index in [0.717, 1.165) is 12.8 Å². The van der Waals surface area contributed by atoms with E-state index in [1.807, 2.05) is 6.92 Å². The first-order chi connectivity index (χ1) is 9.13. The second-order valence-corrected chi connectivity index (χ2v) is 6.97. The van der Waals surface area contributed by atoms with Gasteiger partial charge in [-0.15, -0.1) is 0 Å². The highest BCUT2D eigenvalue weighted by Gasteiger charge is 2.52. The number of amides is 1. The van der Waals surface area contributed by atoms with Crippen LogP contribution in [0.15, 0.2) is 0 Å². The lowest BCUT2D eigenvalue weighted by molar-refractivity contribution is -0.144. The van der Waals surface area contributed by atoms with Crippen molar-refractivity contribution in [3.63, 3.8) is 0 Å². The topological polar surface area (TPSA) is 78.9 Å². The molecule has 1 aliphatic carbocycles. The van der Waals surface area contributed by atoms with Crippen LogP contribution in [0.25, 0.3) is 0 Å². The molecule has 0 spiro atoms. The molecule has 1 amide bonds. The van der Waals surface area contributed by atoms with Gasteiger partial charge in [-0.2, -0.15) is 0 Å². The Bertz CT molecular complexity index is 414. The second kappa shape index (κ2) is 4.91. The third kappa shape index (κ3) is 3.23. The van der Waals surface area contributed by atoms with E-state index < -0.39 is 23.2 Å². The molecule has 2 N–H and O–H groups in total. The molecule has 2 atom stereocenters. The van der Waals surface area contributed by atoms with Gasteiger partial charge in [0.15, 0.2) is 5.54 Å². The average Bonchev–Trinajstić information content (AvgIpc) is 3.01. The second-order valence-electron chi connectivity index (χ2n) is 6.97. The zero-order valence-corrected chi connectivity index (χ0v) is 12.6. The van der Waals surface area contributed by atoms with Gasteiger partial charge in [0.1, 0.15) is 5.60 Å². The third-order valence-electron chi connectivity index (χ3n) is 3.83. The van der Waals surface area contributed by atoms with Crippen LogP contribution in [-0.2, 0) is 9.53 Å². The van der Waals surface area contributed by atoms with Crippen molar-refractivity contribution in [1.29, 1.82) is 0 Å². The standard InChI is InChI=1S/C14H24N2O4/c1-9-7-14(11(17)18,8-16(9)10-5-6-10)15-12(19)20-13(2,3)4/h9-10H,5-8H2,1-4H3,(H,15,19)(H,17,18). The first-order valence-electron chi connectivity index (χ1n) is 7.13. The summed E-state index contributed by atoms with van der Waals surface area (Å²) < 4.78 is 5.19. The van der Waals surface area contributed by atoms with Gasteiger partial charge in [0.2, 0.25) is 0 Å². The molecular formula is C14H24N2O4. The van der Waals surface area contributed by atoms with E-state index in [1.165, 1.54) is 0 Å². The summed E-state index contributed by atoms with van der Waals surface area (Å²) in [5.41, 5.74) is -1.87. The lowest BCUT2D eigenvalue weighted by Crippen LogP contribution is -2.57. The molecule has 0 aromatic rings. The van der Waals surface area contributed by atoms with E-state index in [2.05, 4.69) is 10.2 Å². The molecule has 1 aliphatic heterocycles. The van der Waals surface area contributed by atoms with Crippen molar-refractivity contribution >= 4 is 12.1 Å². The number of carbonyl (C=O) groups is 2. The summed E-state index contributed by atoms with van der Waals surface area (Å²) >= 11 is 0. The number of ether oxygens (including phenoxy) is 1. The molecule has 114 valence electrons. The number of carboxylic acids is 1. The highest BCUT2D eigenvalue weighted by atomic mass is 16.6. The number of rotatable bonds is 3. The van der Waals surface area contributed by atoms with Crippen molar-refractivity contribution in [1.82, 2.24) is 10.2 Å². The predicted molar refractivity (Wildman–Crippen MR) is 73.5 cm³/mol. The van der Waals surface area contributed by atoms with Crippen LogP contribution >= 0.6 is 0 Å². The Morgan fingerprint density at radius 1 is 1.35 bits per heavy atom. The Morgan fingerprint density at radius 2 is 1.95 bits per heavy atom. The zero-order valence-electron chi connectivity index (χ0n) is 12.6. The number of likely N-dealkylation sites (tertiary alicyclic amines) is 1. The maximum absolute atomic E-state index is 11.9. The van der Waals surface area contributed by atoms with Gasteiger partial charge in [0.25, 0.3) is 0 Å². The SMILES string of the molecule is CC1CC(NC(=O)OC(C)(C)C)(C(=O)O)CN1C1CC1. The molecule has 6 heteroatoms. The predicted octanol–water partition coefficient (Wildman–Crippen LogP) is 1.59. The number of hydrogen-bond donors (Lipinski definition) is 2. The monoisotopic (exact) mass is 284 g/mol. The smallest absolute Gasteiger partial charge is 0.408 e. The van der Waals surface area contributed by atoms with E-state index in [0.29, 0.717) is 19.0 Å². The molecule has 0 aromatic heterocycles. The molecule has 0 aromatic carbocycles. The van der Waals surface area contributed by atoms with Crippen molar-refractivity contribution in [2.45, 2.75) is 70.2 Å². The van der Waals surface area contributed by atoms with Gasteiger partial charge in [-0.25, -0.2) is 9.59 Å². The van der Waals surface area contributed by atoms with Crippen molar-refractivity contribution in [2.24, 2.45) is 0 Å². The minimum absolute atomic E-state index is 0.161. The Balaban J connectivity index is 2.07. The Morgan fingerprint density at radius 3 is 2.40 bits per heavy atom. The van der Waals surface area contributed by atoms with E-state index >= 15 is 0 Å². The molecule has 2 rings (SSSR count). The van der Waals surface area contributed by atoms with Gasteiger partial charge in [0.05, 0.1) is 0 Å². The summed E-state index contributed by atoms with van der Waals surface area (Å²) in [5, 5.41) is 12.1. The maximum Gasteiger partial charge on any atom is 0.408 e. The molecule has 2 unspecified atom stereocenters. The van der Waals surface area contributed by atoms with E-state index in [4.69, 9.17) is 4.74 Å². The van der Waals surface area contributed by atoms with Gasteiger partial charge in [0, 0.05) is 18.6 Å². The molecular weight excluding hydrogens is 260 g/mol. The number of alkyl carbamates (subject to hydrolysis) is 1. The summed E-state index contributed by atoms with van der Waals surface area (Å²) in [6, 6.07) is 0.639. The van der Waals surface area contributed by atoms with Gasteiger partial charge < -0.3 is 15.2 Å². The minimum atomic E-state index is -1.23. The van der Waals surface area contributed by atoms with Crippen LogP contribution in [0.5, 0.6) is 0 Å². The Labute approximate surface area is 119 Å². The minimum Gasteiger partial charge on any atom is -0.479 e. The van der Waals surface area contributed by atoms with Crippen molar-refractivity contribution < 1.29 is 19.4 Å². The molecule has 20 heavy (non-hydrogen) atoms. The fourth-order valence-electron chi connectivity index (χ4n) is 2.85. The van der Waals surface area contributed by atoms with Gasteiger partial charge in [-0.1, -0.05) is 0 Å². The zero-order chi connectivity index (χ0) is 15.1. The Kier molecular flexibility index (Phi) is 3.71. The lowest BCUT2D eigenvalue weighted by atomic mass is 9.97. The first kappa shape index (κ1) is 15.1. The number of carboxylic acid groups (broad SMARTS) is 1. The van der Waals surface area contributed by atoms with E-state index in [9.17, 15) is 14.7 Å². The van der Waals surface area contributed by atoms with Crippen molar-refractivity contribution in [2.75, 3.05) is 6.54 Å². The lowest BCUT2D eigenvalue weighted by Gasteiger charge is -2.28. The average molecular weight is 284 g/mol. The van der Waals surface area contributed by atoms with Crippen LogP contribution in [0.3, 0.4) is 0 Å². The largest absolute Gasteiger partial charge is 0.479 e. The first-order valence-corrected chi connectivity index (χ1v) is 7.13. The van der Waals surface area contributed by atoms with Gasteiger partial charge in [-0.3, -0.25) is 4.90 Å². The summed E-state index contributed by atoms with van der Waals surface area (Å²) in [6.07, 6.45) is 1.99. The van der Waals surface area contributed by atoms with Crippen LogP contribution < -0.4 is 5.32 Å². The van der Waals surface area contributed by atoms with E-state index in [1.54, 1.807) is 20.8 Å². The normalized spacial score (nSPS) is 31.1. The van der Waals surface area contributed by atoms with Crippen LogP contribution in [0.1, 0.15) is 47.0 Å². The summed E-state index contributed by atoms with van der Waals surface area (Å²) in [6.45, 7) is 7.64. The number of hydrogen-bond acceptors (Lipinski definition) is 4. The number of nitrogens with zero attached hydrogens (tertiary/aromatic N) is 1. The summed E-state index contributed by atoms with van der Waals surface area (Å²) in [5.74, 6) is -0.988. The van der Waals surface area contributed by atoms with Crippen LogP contribution in [0.2, 0.25) is 0 Å². The number of aliphatic carboxylic acids is 1. The highest BCUT2D eigenvalue weighted by Crippen LogP contribution is 2.37. The molecule has 1 heterocycles. The molecule has 0 bridgehead atoms. The molecule has 1 saturated heterocycles. The van der Waals surface area contributed by atoms with Crippen LogP contribution in [-0.4, -0.2) is 51.8 Å². The fourth-order valence-corrected chi connectivity index (χ4v) is 2.85. The van der Waals surface area contributed by atoms with E-state index in [-0.39, 0.29) is 6.04 Å². The molecule has 1 saturated carbocycles. The summed E-state index contributed by atoms with van der Waals surface area (Å²) in [4.78, 5) is 25.8.